The molecule has 5 nitrogen and oxygen atoms in total. The molecule has 1 rings (SSSR count). The van der Waals surface area contributed by atoms with Gasteiger partial charge in [0.15, 0.2) is 5.96 Å². The summed E-state index contributed by atoms with van der Waals surface area (Å²) in [5.74, 6) is 2.46. The van der Waals surface area contributed by atoms with E-state index >= 15 is 0 Å². The Morgan fingerprint density at radius 3 is 2.74 bits per heavy atom. The standard InChI is InChI=1S/C17H33N3O2.HI/c1-5-18-17(19-10-7-6-8-16(21)22-4)20-11-9-15(13-20)12-14(2)3;/h14-15H,5-13H2,1-4H3,(H,18,19);1H. The van der Waals surface area contributed by atoms with Crippen LogP contribution in [-0.4, -0.2) is 50.1 Å². The Morgan fingerprint density at radius 2 is 2.13 bits per heavy atom. The molecule has 0 aliphatic carbocycles. The van der Waals surface area contributed by atoms with Crippen molar-refractivity contribution in [3.8, 4) is 0 Å². The zero-order chi connectivity index (χ0) is 16.4. The summed E-state index contributed by atoms with van der Waals surface area (Å²) in [7, 11) is 1.44. The summed E-state index contributed by atoms with van der Waals surface area (Å²) in [6, 6.07) is 0. The second-order valence-corrected chi connectivity index (χ2v) is 6.50. The highest BCUT2D eigenvalue weighted by Crippen LogP contribution is 2.23. The Kier molecular flexibility index (Phi) is 12.5. The summed E-state index contributed by atoms with van der Waals surface area (Å²) < 4.78 is 4.65. The first-order valence-electron chi connectivity index (χ1n) is 8.66. The van der Waals surface area contributed by atoms with E-state index in [-0.39, 0.29) is 29.9 Å². The fraction of sp³-hybridized carbons (Fsp3) is 0.882. The van der Waals surface area contributed by atoms with Crippen LogP contribution < -0.4 is 5.32 Å². The third-order valence-corrected chi connectivity index (χ3v) is 4.00. The van der Waals surface area contributed by atoms with Gasteiger partial charge in [-0.25, -0.2) is 0 Å². The van der Waals surface area contributed by atoms with Crippen molar-refractivity contribution in [1.29, 1.82) is 0 Å². The van der Waals surface area contributed by atoms with Crippen molar-refractivity contribution in [2.75, 3.05) is 33.3 Å². The minimum Gasteiger partial charge on any atom is -0.469 e. The minimum atomic E-state index is -0.132. The average Bonchev–Trinajstić information content (AvgIpc) is 2.93. The van der Waals surface area contributed by atoms with Crippen LogP contribution in [0.5, 0.6) is 0 Å². The van der Waals surface area contributed by atoms with Gasteiger partial charge in [-0.05, 0) is 44.4 Å². The van der Waals surface area contributed by atoms with Gasteiger partial charge in [0.1, 0.15) is 0 Å². The number of nitrogens with zero attached hydrogens (tertiary/aromatic N) is 2. The molecule has 0 amide bonds. The number of hydrogen-bond donors (Lipinski definition) is 1. The predicted octanol–water partition coefficient (Wildman–Crippen LogP) is 3.28. The summed E-state index contributed by atoms with van der Waals surface area (Å²) in [6.07, 6.45) is 4.82. The van der Waals surface area contributed by atoms with Crippen molar-refractivity contribution >= 4 is 35.9 Å². The molecule has 0 aromatic rings. The first kappa shape index (κ1) is 22.5. The highest BCUT2D eigenvalue weighted by molar-refractivity contribution is 14.0. The van der Waals surface area contributed by atoms with Crippen LogP contribution in [0.4, 0.5) is 0 Å². The van der Waals surface area contributed by atoms with E-state index in [9.17, 15) is 4.79 Å². The molecule has 1 aliphatic heterocycles. The molecule has 1 atom stereocenters. The van der Waals surface area contributed by atoms with Gasteiger partial charge in [0.2, 0.25) is 0 Å². The van der Waals surface area contributed by atoms with E-state index in [1.54, 1.807) is 0 Å². The molecule has 23 heavy (non-hydrogen) atoms. The number of rotatable bonds is 8. The Labute approximate surface area is 158 Å². The van der Waals surface area contributed by atoms with Gasteiger partial charge in [-0.3, -0.25) is 9.79 Å². The number of aliphatic imine (C=N–C) groups is 1. The number of likely N-dealkylation sites (tertiary alicyclic amines) is 1. The maximum Gasteiger partial charge on any atom is 0.305 e. The summed E-state index contributed by atoms with van der Waals surface area (Å²) in [6.45, 7) is 10.6. The molecule has 0 aromatic heterocycles. The van der Waals surface area contributed by atoms with Crippen molar-refractivity contribution < 1.29 is 9.53 Å². The summed E-state index contributed by atoms with van der Waals surface area (Å²) >= 11 is 0. The topological polar surface area (TPSA) is 53.9 Å². The van der Waals surface area contributed by atoms with Crippen LogP contribution in [-0.2, 0) is 9.53 Å². The van der Waals surface area contributed by atoms with Gasteiger partial charge in [-0.15, -0.1) is 24.0 Å². The van der Waals surface area contributed by atoms with Crippen molar-refractivity contribution in [3.05, 3.63) is 0 Å². The van der Waals surface area contributed by atoms with Gasteiger partial charge < -0.3 is 15.0 Å². The quantitative estimate of drug-likeness (QED) is 0.207. The van der Waals surface area contributed by atoms with Crippen LogP contribution in [0.3, 0.4) is 0 Å². The molecule has 0 radical (unpaired) electrons. The van der Waals surface area contributed by atoms with Gasteiger partial charge in [0.05, 0.1) is 7.11 Å². The van der Waals surface area contributed by atoms with E-state index in [1.807, 2.05) is 0 Å². The molecule has 136 valence electrons. The predicted molar refractivity (Wildman–Crippen MR) is 106 cm³/mol. The molecule has 0 saturated carbocycles. The number of esters is 1. The first-order chi connectivity index (χ1) is 10.6. The highest BCUT2D eigenvalue weighted by atomic mass is 127. The number of nitrogens with one attached hydrogen (secondary N) is 1. The third-order valence-electron chi connectivity index (χ3n) is 4.00. The van der Waals surface area contributed by atoms with Gasteiger partial charge in [0, 0.05) is 32.6 Å². The number of unbranched alkanes of at least 4 members (excludes halogenated alkanes) is 1. The number of halogens is 1. The van der Waals surface area contributed by atoms with Crippen LogP contribution in [0.15, 0.2) is 4.99 Å². The monoisotopic (exact) mass is 439 g/mol. The fourth-order valence-corrected chi connectivity index (χ4v) is 2.98. The molecule has 0 spiro atoms. The zero-order valence-electron chi connectivity index (χ0n) is 15.1. The molecular weight excluding hydrogens is 405 g/mol. The van der Waals surface area contributed by atoms with E-state index in [0.29, 0.717) is 6.42 Å². The zero-order valence-corrected chi connectivity index (χ0v) is 17.5. The van der Waals surface area contributed by atoms with Crippen LogP contribution >= 0.6 is 24.0 Å². The molecule has 0 bridgehead atoms. The second-order valence-electron chi connectivity index (χ2n) is 6.50. The van der Waals surface area contributed by atoms with Crippen molar-refractivity contribution in [1.82, 2.24) is 10.2 Å². The number of hydrogen-bond acceptors (Lipinski definition) is 3. The molecule has 1 N–H and O–H groups in total. The molecule has 1 unspecified atom stereocenters. The van der Waals surface area contributed by atoms with Gasteiger partial charge in [-0.2, -0.15) is 0 Å². The van der Waals surface area contributed by atoms with Gasteiger partial charge in [0.25, 0.3) is 0 Å². The average molecular weight is 439 g/mol. The largest absolute Gasteiger partial charge is 0.469 e. The Bertz CT molecular complexity index is 362. The second kappa shape index (κ2) is 12.8. The molecule has 1 aliphatic rings. The Hall–Kier alpha value is -0.530. The minimum absolute atomic E-state index is 0. The van der Waals surface area contributed by atoms with Gasteiger partial charge >= 0.3 is 5.97 Å². The van der Waals surface area contributed by atoms with E-state index in [0.717, 1.165) is 56.8 Å². The van der Waals surface area contributed by atoms with E-state index < -0.39 is 0 Å². The summed E-state index contributed by atoms with van der Waals surface area (Å²) in [5.41, 5.74) is 0. The summed E-state index contributed by atoms with van der Waals surface area (Å²) in [4.78, 5) is 18.2. The van der Waals surface area contributed by atoms with Crippen LogP contribution in [0.25, 0.3) is 0 Å². The Balaban J connectivity index is 0.00000484. The number of ether oxygens (including phenoxy) is 1. The number of methoxy groups -OCH3 is 1. The Morgan fingerprint density at radius 1 is 1.39 bits per heavy atom. The normalized spacial score (nSPS) is 18.0. The van der Waals surface area contributed by atoms with Crippen LogP contribution in [0.1, 0.15) is 52.9 Å². The van der Waals surface area contributed by atoms with Crippen LogP contribution in [0.2, 0.25) is 0 Å². The molecule has 1 heterocycles. The van der Waals surface area contributed by atoms with Crippen molar-refractivity contribution in [3.63, 3.8) is 0 Å². The first-order valence-corrected chi connectivity index (χ1v) is 8.66. The molecule has 1 saturated heterocycles. The van der Waals surface area contributed by atoms with Gasteiger partial charge in [-0.1, -0.05) is 13.8 Å². The maximum absolute atomic E-state index is 11.1. The SMILES string of the molecule is CCNC(=NCCCCC(=O)OC)N1CCC(CC(C)C)C1.I. The maximum atomic E-state index is 11.1. The number of carbonyl (C=O) groups is 1. The van der Waals surface area contributed by atoms with E-state index in [2.05, 4.69) is 35.7 Å². The fourth-order valence-electron chi connectivity index (χ4n) is 2.98. The molecule has 6 heteroatoms. The lowest BCUT2D eigenvalue weighted by molar-refractivity contribution is -0.140. The molecule has 0 aromatic carbocycles. The molecule has 1 fully saturated rings. The highest BCUT2D eigenvalue weighted by Gasteiger charge is 2.25. The number of carbonyl (C=O) groups excluding carboxylic acids is 1. The smallest absolute Gasteiger partial charge is 0.305 e. The van der Waals surface area contributed by atoms with E-state index in [1.165, 1.54) is 20.0 Å². The lowest BCUT2D eigenvalue weighted by Gasteiger charge is -2.22. The lowest BCUT2D eigenvalue weighted by Crippen LogP contribution is -2.40. The summed E-state index contributed by atoms with van der Waals surface area (Å²) in [5, 5.41) is 3.39. The third kappa shape index (κ3) is 9.37. The van der Waals surface area contributed by atoms with E-state index in [4.69, 9.17) is 4.99 Å². The lowest BCUT2D eigenvalue weighted by atomic mass is 9.97. The van der Waals surface area contributed by atoms with Crippen molar-refractivity contribution in [2.45, 2.75) is 52.9 Å². The van der Waals surface area contributed by atoms with Crippen molar-refractivity contribution in [2.24, 2.45) is 16.8 Å². The molecular formula is C17H34IN3O2. The number of guanidine groups is 1. The van der Waals surface area contributed by atoms with Crippen LogP contribution in [0, 0.1) is 11.8 Å².